The van der Waals surface area contributed by atoms with Gasteiger partial charge in [-0.2, -0.15) is 0 Å². The van der Waals surface area contributed by atoms with E-state index in [1.807, 2.05) is 0 Å². The molecule has 0 aliphatic heterocycles. The van der Waals surface area contributed by atoms with Gasteiger partial charge >= 0.3 is 0 Å². The third-order valence-electron chi connectivity index (χ3n) is 2.07. The first-order valence-corrected chi connectivity index (χ1v) is 4.21. The Hall–Kier alpha value is -0.300. The molecule has 0 heterocycles. The molecule has 1 N–H and O–H groups in total. The minimum Gasteiger partial charge on any atom is -0.389 e. The van der Waals surface area contributed by atoms with Crippen LogP contribution in [0.15, 0.2) is 11.6 Å². The molecule has 0 radical (unpaired) electrons. The lowest BCUT2D eigenvalue weighted by atomic mass is 10.1. The Morgan fingerprint density at radius 1 is 1.70 bits per heavy atom. The summed E-state index contributed by atoms with van der Waals surface area (Å²) < 4.78 is 0. The first-order valence-electron chi connectivity index (χ1n) is 4.21. The van der Waals surface area contributed by atoms with Gasteiger partial charge in [-0.05, 0) is 31.3 Å². The van der Waals surface area contributed by atoms with Crippen LogP contribution in [0.1, 0.15) is 39.0 Å². The van der Waals surface area contributed by atoms with E-state index >= 15 is 0 Å². The predicted octanol–water partition coefficient (Wildman–Crippen LogP) is 2.26. The van der Waals surface area contributed by atoms with Gasteiger partial charge in [-0.15, -0.1) is 0 Å². The molecule has 0 aromatic rings. The van der Waals surface area contributed by atoms with Crippen molar-refractivity contribution in [2.24, 2.45) is 0 Å². The molecular formula is C9H16O. The van der Waals surface area contributed by atoms with E-state index in [1.165, 1.54) is 18.4 Å². The molecule has 0 aromatic carbocycles. The Balaban J connectivity index is 2.38. The van der Waals surface area contributed by atoms with Crippen molar-refractivity contribution < 1.29 is 5.11 Å². The minimum absolute atomic E-state index is 0.105. The standard InChI is InChI=1S/C9H16O/c1-2-3-5-8-6-4-7-9(8)10/h5,9-10H,2-4,6-7H2,1H3/b8-5-. The Morgan fingerprint density at radius 3 is 3.00 bits per heavy atom. The highest BCUT2D eigenvalue weighted by Crippen LogP contribution is 2.24. The maximum Gasteiger partial charge on any atom is 0.0750 e. The van der Waals surface area contributed by atoms with Crippen molar-refractivity contribution in [1.82, 2.24) is 0 Å². The zero-order chi connectivity index (χ0) is 7.40. The van der Waals surface area contributed by atoms with Crippen LogP contribution in [0.3, 0.4) is 0 Å². The molecular weight excluding hydrogens is 124 g/mol. The summed E-state index contributed by atoms with van der Waals surface area (Å²) in [6.07, 6.45) is 7.71. The average Bonchev–Trinajstić information content (AvgIpc) is 2.31. The molecule has 1 atom stereocenters. The van der Waals surface area contributed by atoms with Crippen molar-refractivity contribution in [2.45, 2.75) is 45.1 Å². The molecule has 0 aromatic heterocycles. The van der Waals surface area contributed by atoms with Crippen LogP contribution in [0.5, 0.6) is 0 Å². The van der Waals surface area contributed by atoms with Crippen LogP contribution in [0.25, 0.3) is 0 Å². The van der Waals surface area contributed by atoms with Crippen molar-refractivity contribution in [3.63, 3.8) is 0 Å². The van der Waals surface area contributed by atoms with E-state index in [-0.39, 0.29) is 6.10 Å². The third kappa shape index (κ3) is 1.84. The summed E-state index contributed by atoms with van der Waals surface area (Å²) in [6.45, 7) is 2.17. The first kappa shape index (κ1) is 7.80. The van der Waals surface area contributed by atoms with E-state index in [0.717, 1.165) is 19.3 Å². The number of hydrogen-bond acceptors (Lipinski definition) is 1. The van der Waals surface area contributed by atoms with E-state index in [1.54, 1.807) is 0 Å². The largest absolute Gasteiger partial charge is 0.389 e. The fraction of sp³-hybridized carbons (Fsp3) is 0.778. The molecule has 58 valence electrons. The van der Waals surface area contributed by atoms with Crippen LogP contribution >= 0.6 is 0 Å². The predicted molar refractivity (Wildman–Crippen MR) is 42.8 cm³/mol. The molecule has 1 nitrogen and oxygen atoms in total. The smallest absolute Gasteiger partial charge is 0.0750 e. The van der Waals surface area contributed by atoms with Crippen LogP contribution in [0.4, 0.5) is 0 Å². The maximum atomic E-state index is 9.35. The lowest BCUT2D eigenvalue weighted by Gasteiger charge is -2.01. The molecule has 1 aliphatic rings. The summed E-state index contributed by atoms with van der Waals surface area (Å²) in [5.74, 6) is 0. The molecule has 1 aliphatic carbocycles. The highest BCUT2D eigenvalue weighted by Gasteiger charge is 2.16. The summed E-state index contributed by atoms with van der Waals surface area (Å²) in [5, 5.41) is 9.35. The van der Waals surface area contributed by atoms with E-state index in [9.17, 15) is 5.11 Å². The normalized spacial score (nSPS) is 29.8. The van der Waals surface area contributed by atoms with Crippen molar-refractivity contribution in [1.29, 1.82) is 0 Å². The van der Waals surface area contributed by atoms with Crippen LogP contribution in [0.2, 0.25) is 0 Å². The molecule has 1 fully saturated rings. The average molecular weight is 140 g/mol. The summed E-state index contributed by atoms with van der Waals surface area (Å²) in [4.78, 5) is 0. The second-order valence-corrected chi connectivity index (χ2v) is 2.98. The lowest BCUT2D eigenvalue weighted by Crippen LogP contribution is -2.00. The fourth-order valence-electron chi connectivity index (χ4n) is 1.42. The molecule has 0 spiro atoms. The summed E-state index contributed by atoms with van der Waals surface area (Å²) in [5.41, 5.74) is 1.28. The van der Waals surface area contributed by atoms with E-state index < -0.39 is 0 Å². The summed E-state index contributed by atoms with van der Waals surface area (Å²) in [7, 11) is 0. The Kier molecular flexibility index (Phi) is 2.94. The number of aliphatic hydroxyl groups excluding tert-OH is 1. The number of aliphatic hydroxyl groups is 1. The van der Waals surface area contributed by atoms with Gasteiger partial charge in [-0.3, -0.25) is 0 Å². The maximum absolute atomic E-state index is 9.35. The minimum atomic E-state index is -0.105. The number of unbranched alkanes of at least 4 members (excludes halogenated alkanes) is 1. The van der Waals surface area contributed by atoms with Gasteiger partial charge in [0.25, 0.3) is 0 Å². The number of allylic oxidation sites excluding steroid dienone is 1. The van der Waals surface area contributed by atoms with Gasteiger partial charge in [0.15, 0.2) is 0 Å². The SMILES string of the molecule is CCC/C=C1/CCCC1O. The van der Waals surface area contributed by atoms with Crippen LogP contribution < -0.4 is 0 Å². The van der Waals surface area contributed by atoms with Gasteiger partial charge in [0.1, 0.15) is 0 Å². The number of hydrogen-bond donors (Lipinski definition) is 1. The van der Waals surface area contributed by atoms with E-state index in [2.05, 4.69) is 13.0 Å². The molecule has 1 saturated carbocycles. The van der Waals surface area contributed by atoms with Crippen molar-refractivity contribution in [2.75, 3.05) is 0 Å². The second kappa shape index (κ2) is 3.77. The molecule has 1 unspecified atom stereocenters. The van der Waals surface area contributed by atoms with Gasteiger partial charge in [0.2, 0.25) is 0 Å². The Labute approximate surface area is 62.8 Å². The van der Waals surface area contributed by atoms with Gasteiger partial charge in [-0.1, -0.05) is 19.4 Å². The number of rotatable bonds is 2. The Morgan fingerprint density at radius 2 is 2.50 bits per heavy atom. The first-order chi connectivity index (χ1) is 4.84. The van der Waals surface area contributed by atoms with Gasteiger partial charge in [0.05, 0.1) is 6.10 Å². The van der Waals surface area contributed by atoms with Gasteiger partial charge < -0.3 is 5.11 Å². The highest BCUT2D eigenvalue weighted by atomic mass is 16.3. The lowest BCUT2D eigenvalue weighted by molar-refractivity contribution is 0.217. The quantitative estimate of drug-likeness (QED) is 0.583. The van der Waals surface area contributed by atoms with E-state index in [4.69, 9.17) is 0 Å². The van der Waals surface area contributed by atoms with Crippen LogP contribution in [0, 0.1) is 0 Å². The Bertz CT molecular complexity index is 127. The zero-order valence-electron chi connectivity index (χ0n) is 6.64. The molecule has 0 bridgehead atoms. The zero-order valence-corrected chi connectivity index (χ0v) is 6.64. The van der Waals surface area contributed by atoms with E-state index in [0.29, 0.717) is 0 Å². The van der Waals surface area contributed by atoms with Crippen molar-refractivity contribution in [3.05, 3.63) is 11.6 Å². The second-order valence-electron chi connectivity index (χ2n) is 2.98. The summed E-state index contributed by atoms with van der Waals surface area (Å²) >= 11 is 0. The molecule has 0 saturated heterocycles. The van der Waals surface area contributed by atoms with Crippen molar-refractivity contribution in [3.8, 4) is 0 Å². The molecule has 0 amide bonds. The molecule has 1 heteroatoms. The highest BCUT2D eigenvalue weighted by molar-refractivity contribution is 5.11. The summed E-state index contributed by atoms with van der Waals surface area (Å²) in [6, 6.07) is 0. The molecule has 1 rings (SSSR count). The topological polar surface area (TPSA) is 20.2 Å². The third-order valence-corrected chi connectivity index (χ3v) is 2.07. The van der Waals surface area contributed by atoms with Crippen molar-refractivity contribution >= 4 is 0 Å². The van der Waals surface area contributed by atoms with Gasteiger partial charge in [0, 0.05) is 0 Å². The monoisotopic (exact) mass is 140 g/mol. The molecule has 10 heavy (non-hydrogen) atoms. The van der Waals surface area contributed by atoms with Crippen LogP contribution in [-0.2, 0) is 0 Å². The fourth-order valence-corrected chi connectivity index (χ4v) is 1.42. The van der Waals surface area contributed by atoms with Gasteiger partial charge in [-0.25, -0.2) is 0 Å². The van der Waals surface area contributed by atoms with Crippen LogP contribution in [-0.4, -0.2) is 11.2 Å².